The molecule has 3 N–H and O–H groups in total. The molecule has 0 bridgehead atoms. The molecule has 126 valence electrons. The zero-order valence-corrected chi connectivity index (χ0v) is 13.9. The minimum atomic E-state index is -0.402. The lowest BCUT2D eigenvalue weighted by Crippen LogP contribution is -2.19. The SMILES string of the molecule is C/C(=N\NC(=O)c1cc(-c2ccc(C)cc2)n[nH]1)c1ccccc1O. The first-order valence-electron chi connectivity index (χ1n) is 7.80. The number of aryl methyl sites for hydroxylation is 1. The largest absolute Gasteiger partial charge is 0.507 e. The smallest absolute Gasteiger partial charge is 0.289 e. The Morgan fingerprint density at radius 2 is 1.88 bits per heavy atom. The van der Waals surface area contributed by atoms with Crippen molar-refractivity contribution in [3.05, 3.63) is 71.4 Å². The van der Waals surface area contributed by atoms with E-state index < -0.39 is 5.91 Å². The van der Waals surface area contributed by atoms with Crippen molar-refractivity contribution in [2.75, 3.05) is 0 Å². The summed E-state index contributed by atoms with van der Waals surface area (Å²) in [5.74, 6) is -0.290. The average molecular weight is 334 g/mol. The highest BCUT2D eigenvalue weighted by molar-refractivity contribution is 6.02. The molecule has 0 aliphatic rings. The van der Waals surface area contributed by atoms with E-state index >= 15 is 0 Å². The van der Waals surface area contributed by atoms with Crippen molar-refractivity contribution in [3.63, 3.8) is 0 Å². The number of H-pyrrole nitrogens is 1. The molecule has 25 heavy (non-hydrogen) atoms. The van der Waals surface area contributed by atoms with Crippen LogP contribution in [0.4, 0.5) is 0 Å². The molecule has 0 aliphatic heterocycles. The molecular formula is C19H18N4O2. The fourth-order valence-electron chi connectivity index (χ4n) is 2.34. The number of carbonyl (C=O) groups is 1. The number of phenolic OH excluding ortho intramolecular Hbond substituents is 1. The summed E-state index contributed by atoms with van der Waals surface area (Å²) < 4.78 is 0. The second kappa shape index (κ2) is 7.00. The van der Waals surface area contributed by atoms with E-state index in [1.54, 1.807) is 37.3 Å². The van der Waals surface area contributed by atoms with E-state index in [2.05, 4.69) is 20.7 Å². The zero-order chi connectivity index (χ0) is 17.8. The predicted molar refractivity (Wildman–Crippen MR) is 96.5 cm³/mol. The number of benzene rings is 2. The number of phenols is 1. The molecule has 0 aliphatic carbocycles. The number of carbonyl (C=O) groups excluding carboxylic acids is 1. The van der Waals surface area contributed by atoms with Crippen LogP contribution in [-0.2, 0) is 0 Å². The molecule has 6 nitrogen and oxygen atoms in total. The van der Waals surface area contributed by atoms with Crippen LogP contribution in [0.3, 0.4) is 0 Å². The minimum Gasteiger partial charge on any atom is -0.507 e. The number of rotatable bonds is 4. The van der Waals surface area contributed by atoms with E-state index in [1.165, 1.54) is 0 Å². The monoisotopic (exact) mass is 334 g/mol. The summed E-state index contributed by atoms with van der Waals surface area (Å²) >= 11 is 0. The van der Waals surface area contributed by atoms with Gasteiger partial charge >= 0.3 is 0 Å². The lowest BCUT2D eigenvalue weighted by atomic mass is 10.1. The highest BCUT2D eigenvalue weighted by Gasteiger charge is 2.11. The molecule has 0 fully saturated rings. The molecule has 6 heteroatoms. The van der Waals surface area contributed by atoms with E-state index in [9.17, 15) is 9.90 Å². The Morgan fingerprint density at radius 3 is 2.60 bits per heavy atom. The highest BCUT2D eigenvalue weighted by Crippen LogP contribution is 2.18. The van der Waals surface area contributed by atoms with Crippen LogP contribution < -0.4 is 5.43 Å². The maximum Gasteiger partial charge on any atom is 0.289 e. The van der Waals surface area contributed by atoms with Gasteiger partial charge in [-0.15, -0.1) is 0 Å². The summed E-state index contributed by atoms with van der Waals surface area (Å²) in [6.45, 7) is 3.72. The molecule has 0 atom stereocenters. The fraction of sp³-hybridized carbons (Fsp3) is 0.105. The van der Waals surface area contributed by atoms with E-state index in [1.807, 2.05) is 31.2 Å². The van der Waals surface area contributed by atoms with Crippen LogP contribution in [0.5, 0.6) is 5.75 Å². The lowest BCUT2D eigenvalue weighted by Gasteiger charge is -2.03. The second-order valence-electron chi connectivity index (χ2n) is 5.69. The second-order valence-corrected chi connectivity index (χ2v) is 5.69. The van der Waals surface area contributed by atoms with Crippen molar-refractivity contribution in [2.24, 2.45) is 5.10 Å². The number of nitrogens with one attached hydrogen (secondary N) is 2. The Labute approximate surface area is 145 Å². The molecule has 1 heterocycles. The van der Waals surface area contributed by atoms with E-state index in [0.717, 1.165) is 11.1 Å². The van der Waals surface area contributed by atoms with Crippen molar-refractivity contribution in [2.45, 2.75) is 13.8 Å². The summed E-state index contributed by atoms with van der Waals surface area (Å²) in [6.07, 6.45) is 0. The normalized spacial score (nSPS) is 11.4. The Morgan fingerprint density at radius 1 is 1.16 bits per heavy atom. The van der Waals surface area contributed by atoms with Gasteiger partial charge in [0.1, 0.15) is 11.4 Å². The van der Waals surface area contributed by atoms with Gasteiger partial charge in [-0.2, -0.15) is 10.2 Å². The van der Waals surface area contributed by atoms with Crippen LogP contribution in [-0.4, -0.2) is 26.9 Å². The maximum atomic E-state index is 12.2. The number of hydrazone groups is 1. The first-order chi connectivity index (χ1) is 12.0. The standard InChI is InChI=1S/C19H18N4O2/c1-12-7-9-14(10-8-12)16-11-17(22-21-16)19(25)23-20-13(2)15-5-3-4-6-18(15)24/h3-11,24H,1-2H3,(H,21,22)(H,23,25)/b20-13+. The van der Waals surface area contributed by atoms with Gasteiger partial charge in [-0.25, -0.2) is 5.43 Å². The molecule has 0 saturated heterocycles. The van der Waals surface area contributed by atoms with Crippen LogP contribution in [0.2, 0.25) is 0 Å². The molecule has 1 amide bonds. The molecule has 3 aromatic rings. The third-order valence-electron chi connectivity index (χ3n) is 3.79. The Kier molecular flexibility index (Phi) is 4.61. The van der Waals surface area contributed by atoms with Gasteiger partial charge in [0, 0.05) is 11.1 Å². The fourth-order valence-corrected chi connectivity index (χ4v) is 2.34. The molecule has 0 saturated carbocycles. The lowest BCUT2D eigenvalue weighted by molar-refractivity contribution is 0.0950. The van der Waals surface area contributed by atoms with Gasteiger partial charge < -0.3 is 5.11 Å². The van der Waals surface area contributed by atoms with Gasteiger partial charge in [0.05, 0.1) is 11.4 Å². The van der Waals surface area contributed by atoms with Crippen LogP contribution in [0.1, 0.15) is 28.5 Å². The number of aromatic amines is 1. The van der Waals surface area contributed by atoms with Gasteiger partial charge in [-0.3, -0.25) is 9.89 Å². The summed E-state index contributed by atoms with van der Waals surface area (Å²) in [6, 6.07) is 16.4. The third kappa shape index (κ3) is 3.74. The maximum absolute atomic E-state index is 12.2. The predicted octanol–water partition coefficient (Wildman–Crippen LogP) is 3.24. The van der Waals surface area contributed by atoms with Crippen molar-refractivity contribution in [1.82, 2.24) is 15.6 Å². The van der Waals surface area contributed by atoms with Crippen molar-refractivity contribution in [1.29, 1.82) is 0 Å². The van der Waals surface area contributed by atoms with Gasteiger partial charge in [0.2, 0.25) is 0 Å². The number of aromatic hydroxyl groups is 1. The molecule has 0 spiro atoms. The van der Waals surface area contributed by atoms with Crippen LogP contribution in [0, 0.1) is 6.92 Å². The molecule has 0 unspecified atom stereocenters. The number of aromatic nitrogens is 2. The highest BCUT2D eigenvalue weighted by atomic mass is 16.3. The molecule has 0 radical (unpaired) electrons. The molecule has 1 aromatic heterocycles. The Bertz CT molecular complexity index is 927. The van der Waals surface area contributed by atoms with Crippen LogP contribution >= 0.6 is 0 Å². The summed E-state index contributed by atoms with van der Waals surface area (Å²) in [4.78, 5) is 12.2. The quantitative estimate of drug-likeness (QED) is 0.505. The molecule has 2 aromatic carbocycles. The number of nitrogens with zero attached hydrogens (tertiary/aromatic N) is 2. The number of hydrogen-bond acceptors (Lipinski definition) is 4. The van der Waals surface area contributed by atoms with Gasteiger partial charge in [0.25, 0.3) is 5.91 Å². The van der Waals surface area contributed by atoms with E-state index in [0.29, 0.717) is 22.7 Å². The van der Waals surface area contributed by atoms with Gasteiger partial charge in [-0.05, 0) is 32.0 Å². The van der Waals surface area contributed by atoms with Gasteiger partial charge in [-0.1, -0.05) is 42.0 Å². The summed E-state index contributed by atoms with van der Waals surface area (Å²) in [7, 11) is 0. The van der Waals surface area contributed by atoms with E-state index in [-0.39, 0.29) is 5.75 Å². The molecular weight excluding hydrogens is 316 g/mol. The summed E-state index contributed by atoms with van der Waals surface area (Å²) in [5, 5.41) is 20.7. The number of amides is 1. The van der Waals surface area contributed by atoms with Gasteiger partial charge in [0.15, 0.2) is 0 Å². The Balaban J connectivity index is 1.73. The average Bonchev–Trinajstić information content (AvgIpc) is 3.10. The van der Waals surface area contributed by atoms with E-state index in [4.69, 9.17) is 0 Å². The number of hydrogen-bond donors (Lipinski definition) is 3. The summed E-state index contributed by atoms with van der Waals surface area (Å²) in [5.41, 5.74) is 6.61. The molecule has 3 rings (SSSR count). The zero-order valence-electron chi connectivity index (χ0n) is 13.9. The minimum absolute atomic E-state index is 0.112. The van der Waals surface area contributed by atoms with Crippen LogP contribution in [0.15, 0.2) is 59.7 Å². The third-order valence-corrected chi connectivity index (χ3v) is 3.79. The first-order valence-corrected chi connectivity index (χ1v) is 7.80. The van der Waals surface area contributed by atoms with Crippen molar-refractivity contribution < 1.29 is 9.90 Å². The topological polar surface area (TPSA) is 90.4 Å². The Hall–Kier alpha value is -3.41. The van der Waals surface area contributed by atoms with Crippen molar-refractivity contribution >= 4 is 11.6 Å². The van der Waals surface area contributed by atoms with Crippen LogP contribution in [0.25, 0.3) is 11.3 Å². The number of para-hydroxylation sites is 1. The van der Waals surface area contributed by atoms with Crippen molar-refractivity contribution in [3.8, 4) is 17.0 Å². The first kappa shape index (κ1) is 16.4.